The number of aryl methyl sites for hydroxylation is 1. The van der Waals surface area contributed by atoms with Gasteiger partial charge >= 0.3 is 0 Å². The van der Waals surface area contributed by atoms with Crippen LogP contribution in [0.3, 0.4) is 0 Å². The van der Waals surface area contributed by atoms with Crippen LogP contribution in [-0.2, 0) is 11.8 Å². The number of rotatable bonds is 4. The largest absolute Gasteiger partial charge is 0.280 e. The predicted molar refractivity (Wildman–Crippen MR) is 72.2 cm³/mol. The predicted octanol–water partition coefficient (Wildman–Crippen LogP) is 3.93. The first-order valence-electron chi connectivity index (χ1n) is 5.80. The van der Waals surface area contributed by atoms with Crippen LogP contribution in [0.25, 0.3) is 11.4 Å². The van der Waals surface area contributed by atoms with Gasteiger partial charge in [0.15, 0.2) is 5.82 Å². The normalized spacial score (nSPS) is 11.0. The van der Waals surface area contributed by atoms with E-state index < -0.39 is 6.43 Å². The van der Waals surface area contributed by atoms with Gasteiger partial charge in [-0.05, 0) is 18.1 Å². The molecule has 2 aromatic heterocycles. The fourth-order valence-electron chi connectivity index (χ4n) is 1.77. The molecule has 0 N–H and O–H groups in total. The second-order valence-corrected chi connectivity index (χ2v) is 4.49. The van der Waals surface area contributed by atoms with E-state index in [0.717, 1.165) is 17.5 Å². The minimum Gasteiger partial charge on any atom is -0.264 e. The number of halogens is 3. The van der Waals surface area contributed by atoms with Gasteiger partial charge in [-0.25, -0.2) is 18.7 Å². The fraction of sp³-hybridized carbons (Fsp3) is 0.308. The van der Waals surface area contributed by atoms with Gasteiger partial charge < -0.3 is 0 Å². The Morgan fingerprint density at radius 3 is 2.68 bits per heavy atom. The molecule has 3 nitrogen and oxygen atoms in total. The smallest absolute Gasteiger partial charge is 0.264 e. The molecule has 0 fully saturated rings. The van der Waals surface area contributed by atoms with Crippen LogP contribution in [0.4, 0.5) is 8.78 Å². The molecule has 0 saturated carbocycles. The molecule has 0 aromatic carbocycles. The SMILES string of the molecule is CCc1cnccc1-c1ncc(CBr)c(C(F)F)n1. The Morgan fingerprint density at radius 1 is 1.26 bits per heavy atom. The van der Waals surface area contributed by atoms with Crippen molar-refractivity contribution >= 4 is 15.9 Å². The van der Waals surface area contributed by atoms with Crippen molar-refractivity contribution in [2.45, 2.75) is 25.1 Å². The molecule has 0 amide bonds. The van der Waals surface area contributed by atoms with Crippen molar-refractivity contribution in [3.05, 3.63) is 41.5 Å². The molecule has 100 valence electrons. The zero-order valence-electron chi connectivity index (χ0n) is 10.3. The number of aromatic nitrogens is 3. The van der Waals surface area contributed by atoms with E-state index in [-0.39, 0.29) is 5.69 Å². The van der Waals surface area contributed by atoms with Crippen molar-refractivity contribution in [2.24, 2.45) is 0 Å². The first kappa shape index (κ1) is 14.0. The maximum Gasteiger partial charge on any atom is 0.280 e. The second kappa shape index (κ2) is 6.14. The molecule has 0 aliphatic heterocycles. The van der Waals surface area contributed by atoms with Crippen LogP contribution in [-0.4, -0.2) is 15.0 Å². The van der Waals surface area contributed by atoms with Crippen molar-refractivity contribution in [3.63, 3.8) is 0 Å². The van der Waals surface area contributed by atoms with Crippen LogP contribution in [0, 0.1) is 0 Å². The van der Waals surface area contributed by atoms with Crippen LogP contribution < -0.4 is 0 Å². The average Bonchev–Trinajstić information content (AvgIpc) is 2.46. The van der Waals surface area contributed by atoms with Gasteiger partial charge in [-0.3, -0.25) is 4.98 Å². The van der Waals surface area contributed by atoms with Crippen LogP contribution in [0.5, 0.6) is 0 Å². The van der Waals surface area contributed by atoms with Crippen molar-refractivity contribution in [1.82, 2.24) is 15.0 Å². The number of pyridine rings is 1. The molecular weight excluding hydrogens is 316 g/mol. The summed E-state index contributed by atoms with van der Waals surface area (Å²) in [6.07, 6.45) is 2.90. The van der Waals surface area contributed by atoms with Crippen LogP contribution in [0.15, 0.2) is 24.7 Å². The van der Waals surface area contributed by atoms with E-state index in [1.165, 1.54) is 6.20 Å². The zero-order chi connectivity index (χ0) is 13.8. The summed E-state index contributed by atoms with van der Waals surface area (Å²) in [4.78, 5) is 12.2. The lowest BCUT2D eigenvalue weighted by molar-refractivity contribution is 0.145. The molecule has 0 unspecified atom stereocenters. The van der Waals surface area contributed by atoms with Crippen molar-refractivity contribution in [3.8, 4) is 11.4 Å². The summed E-state index contributed by atoms with van der Waals surface area (Å²) in [6.45, 7) is 1.97. The van der Waals surface area contributed by atoms with E-state index in [4.69, 9.17) is 0 Å². The summed E-state index contributed by atoms with van der Waals surface area (Å²) >= 11 is 3.16. The quantitative estimate of drug-likeness (QED) is 0.798. The maximum atomic E-state index is 13.0. The molecular formula is C13H12BrF2N3. The summed E-state index contributed by atoms with van der Waals surface area (Å²) in [5, 5.41) is 0.309. The van der Waals surface area contributed by atoms with E-state index in [9.17, 15) is 8.78 Å². The first-order valence-corrected chi connectivity index (χ1v) is 6.92. The summed E-state index contributed by atoms with van der Waals surface area (Å²) < 4.78 is 25.9. The van der Waals surface area contributed by atoms with E-state index in [1.807, 2.05) is 6.92 Å². The highest BCUT2D eigenvalue weighted by atomic mass is 79.9. The van der Waals surface area contributed by atoms with Gasteiger partial charge in [0.2, 0.25) is 0 Å². The molecule has 2 aromatic rings. The van der Waals surface area contributed by atoms with Crippen molar-refractivity contribution < 1.29 is 8.78 Å². The summed E-state index contributed by atoms with van der Waals surface area (Å²) in [5.74, 6) is 0.319. The number of nitrogens with zero attached hydrogens (tertiary/aromatic N) is 3. The Kier molecular flexibility index (Phi) is 4.52. The third-order valence-corrected chi connectivity index (χ3v) is 3.38. The average molecular weight is 328 g/mol. The Bertz CT molecular complexity index is 576. The van der Waals surface area contributed by atoms with Gasteiger partial charge in [0.25, 0.3) is 6.43 Å². The van der Waals surface area contributed by atoms with Crippen molar-refractivity contribution in [1.29, 1.82) is 0 Å². The van der Waals surface area contributed by atoms with Gasteiger partial charge in [-0.2, -0.15) is 0 Å². The zero-order valence-corrected chi connectivity index (χ0v) is 11.9. The molecule has 0 saturated heterocycles. The topological polar surface area (TPSA) is 38.7 Å². The Balaban J connectivity index is 2.54. The molecule has 2 heterocycles. The van der Waals surface area contributed by atoms with Gasteiger partial charge in [0.1, 0.15) is 5.69 Å². The molecule has 0 spiro atoms. The molecule has 2 rings (SSSR count). The van der Waals surface area contributed by atoms with Gasteiger partial charge in [0.05, 0.1) is 0 Å². The van der Waals surface area contributed by atoms with Crippen LogP contribution in [0.2, 0.25) is 0 Å². The molecule has 6 heteroatoms. The number of hydrogen-bond acceptors (Lipinski definition) is 3. The lowest BCUT2D eigenvalue weighted by atomic mass is 10.1. The Labute approximate surface area is 118 Å². The highest BCUT2D eigenvalue weighted by molar-refractivity contribution is 9.08. The van der Waals surface area contributed by atoms with Gasteiger partial charge in [-0.1, -0.05) is 22.9 Å². The molecule has 0 aliphatic carbocycles. The van der Waals surface area contributed by atoms with E-state index >= 15 is 0 Å². The number of alkyl halides is 3. The van der Waals surface area contributed by atoms with Crippen LogP contribution >= 0.6 is 15.9 Å². The minimum absolute atomic E-state index is 0.222. The molecule has 0 radical (unpaired) electrons. The highest BCUT2D eigenvalue weighted by Crippen LogP contribution is 2.26. The monoisotopic (exact) mass is 327 g/mol. The van der Waals surface area contributed by atoms with E-state index in [2.05, 4.69) is 30.9 Å². The lowest BCUT2D eigenvalue weighted by Gasteiger charge is -2.09. The molecule has 19 heavy (non-hydrogen) atoms. The standard InChI is InChI=1S/C13H12BrF2N3/c1-2-8-6-17-4-3-10(8)13-18-7-9(5-14)11(19-13)12(15)16/h3-4,6-7,12H,2,5H2,1H3. The minimum atomic E-state index is -2.61. The molecule has 0 bridgehead atoms. The number of hydrogen-bond donors (Lipinski definition) is 0. The molecule has 0 aliphatic rings. The summed E-state index contributed by atoms with van der Waals surface area (Å²) in [6, 6.07) is 1.75. The Hall–Kier alpha value is -1.43. The van der Waals surface area contributed by atoms with Crippen molar-refractivity contribution in [2.75, 3.05) is 0 Å². The van der Waals surface area contributed by atoms with Gasteiger partial charge in [0, 0.05) is 35.0 Å². The van der Waals surface area contributed by atoms with Gasteiger partial charge in [-0.15, -0.1) is 0 Å². The summed E-state index contributed by atoms with van der Waals surface area (Å²) in [5.41, 5.74) is 1.88. The third kappa shape index (κ3) is 2.94. The second-order valence-electron chi connectivity index (χ2n) is 3.92. The third-order valence-electron chi connectivity index (χ3n) is 2.77. The van der Waals surface area contributed by atoms with Crippen LogP contribution in [0.1, 0.15) is 30.2 Å². The lowest BCUT2D eigenvalue weighted by Crippen LogP contribution is -2.02. The highest BCUT2D eigenvalue weighted by Gasteiger charge is 2.17. The molecule has 0 atom stereocenters. The first-order chi connectivity index (χ1) is 9.17. The maximum absolute atomic E-state index is 13.0. The van der Waals surface area contributed by atoms with E-state index in [1.54, 1.807) is 18.5 Å². The Morgan fingerprint density at radius 2 is 2.05 bits per heavy atom. The fourth-order valence-corrected chi connectivity index (χ4v) is 2.20. The van der Waals surface area contributed by atoms with E-state index in [0.29, 0.717) is 16.7 Å². The summed E-state index contributed by atoms with van der Waals surface area (Å²) in [7, 11) is 0.